The number of carbonyl (C=O) groups is 2. The Bertz CT molecular complexity index is 1140. The Labute approximate surface area is 224 Å². The van der Waals surface area contributed by atoms with Crippen LogP contribution in [-0.4, -0.2) is 28.4 Å². The molecule has 0 atom stereocenters. The van der Waals surface area contributed by atoms with Gasteiger partial charge in [-0.05, 0) is 58.6 Å². The standard InChI is InChI=1S/C23H17N2OS2.C2H4O2.Na/c1-27-20-13-11-18(12-14-20)17-9-7-16(8-10-17)15-21-22(26)25-23(28-21)24-19-5-3-2-4-6-19;1-2(3)4;/h3-15H,1H3,(H,24,25,26);1H3,(H,3,4);/q-1;;+1. The van der Waals surface area contributed by atoms with E-state index in [4.69, 9.17) is 9.90 Å². The average Bonchev–Trinajstić information content (AvgIpc) is 3.13. The van der Waals surface area contributed by atoms with E-state index in [-0.39, 0.29) is 35.5 Å². The fourth-order valence-corrected chi connectivity index (χ4v) is 4.01. The summed E-state index contributed by atoms with van der Waals surface area (Å²) in [7, 11) is 0. The van der Waals surface area contributed by atoms with Crippen molar-refractivity contribution in [2.75, 3.05) is 6.26 Å². The molecule has 0 aromatic heterocycles. The van der Waals surface area contributed by atoms with Crippen LogP contribution in [0.4, 0.5) is 5.69 Å². The van der Waals surface area contributed by atoms with Crippen molar-refractivity contribution in [2.45, 2.75) is 11.8 Å². The zero-order valence-electron chi connectivity index (χ0n) is 18.5. The molecule has 0 unspecified atom stereocenters. The van der Waals surface area contributed by atoms with Crippen LogP contribution in [-0.2, 0) is 9.59 Å². The summed E-state index contributed by atoms with van der Waals surface area (Å²) in [4.78, 5) is 27.6. The molecule has 162 valence electrons. The summed E-state index contributed by atoms with van der Waals surface area (Å²) in [6.07, 6.45) is 3.96. The van der Waals surface area contributed by atoms with Gasteiger partial charge in [-0.15, -0.1) is 23.9 Å². The normalized spacial score (nSPS) is 14.8. The van der Waals surface area contributed by atoms with Crippen molar-refractivity contribution in [3.8, 4) is 11.1 Å². The number of nitrogens with one attached hydrogen (secondary N) is 1. The maximum Gasteiger partial charge on any atom is 1.00 e. The van der Waals surface area contributed by atoms with E-state index in [0.29, 0.717) is 10.1 Å². The van der Waals surface area contributed by atoms with Gasteiger partial charge in [0.1, 0.15) is 0 Å². The fraction of sp³-hybridized carbons (Fsp3) is 0.0800. The predicted molar refractivity (Wildman–Crippen MR) is 133 cm³/mol. The molecule has 0 radical (unpaired) electrons. The first-order valence-corrected chi connectivity index (χ1v) is 11.7. The number of amides is 1. The quantitative estimate of drug-likeness (QED) is 0.258. The number of nitrogens with zero attached hydrogens (tertiary/aromatic N) is 1. The molecule has 3 aromatic rings. The third kappa shape index (κ3) is 8.53. The summed E-state index contributed by atoms with van der Waals surface area (Å²) in [5.74, 6) is -0.956. The van der Waals surface area contributed by atoms with Gasteiger partial charge < -0.3 is 10.4 Å². The van der Waals surface area contributed by atoms with Gasteiger partial charge in [-0.3, -0.25) is 14.6 Å². The molecule has 5 nitrogen and oxygen atoms in total. The van der Waals surface area contributed by atoms with Crippen LogP contribution in [0.1, 0.15) is 12.5 Å². The van der Waals surface area contributed by atoms with E-state index in [2.05, 4.69) is 59.0 Å². The molecule has 4 rings (SSSR count). The molecule has 1 heterocycles. The number of carboxylic acid groups (broad SMARTS) is 1. The molecule has 33 heavy (non-hydrogen) atoms. The molecular formula is C25H21N2NaO3S2. The number of hydrogen-bond donors (Lipinski definition) is 2. The molecule has 2 N–H and O–H groups in total. The van der Waals surface area contributed by atoms with Gasteiger partial charge in [-0.1, -0.05) is 36.4 Å². The van der Waals surface area contributed by atoms with Crippen LogP contribution in [0.5, 0.6) is 0 Å². The monoisotopic (exact) mass is 484 g/mol. The minimum absolute atomic E-state index is 0. The second kappa shape index (κ2) is 13.4. The van der Waals surface area contributed by atoms with Crippen LogP contribution in [0.15, 0.2) is 87.6 Å². The Kier molecular flexibility index (Phi) is 11.0. The zero-order chi connectivity index (χ0) is 22.9. The number of aliphatic imine (C=N–C) groups is 1. The molecule has 0 bridgehead atoms. The van der Waals surface area contributed by atoms with Crippen molar-refractivity contribution in [1.29, 1.82) is 0 Å². The van der Waals surface area contributed by atoms with Crippen molar-refractivity contribution < 1.29 is 44.3 Å². The molecule has 3 aromatic carbocycles. The van der Waals surface area contributed by atoms with Gasteiger partial charge >= 0.3 is 29.6 Å². The van der Waals surface area contributed by atoms with E-state index < -0.39 is 5.97 Å². The van der Waals surface area contributed by atoms with Crippen molar-refractivity contribution in [3.63, 3.8) is 0 Å². The van der Waals surface area contributed by atoms with Crippen LogP contribution in [0.25, 0.3) is 17.2 Å². The summed E-state index contributed by atoms with van der Waals surface area (Å²) in [6.45, 7) is 1.08. The van der Waals surface area contributed by atoms with Crippen molar-refractivity contribution >= 4 is 52.3 Å². The van der Waals surface area contributed by atoms with Gasteiger partial charge in [0.15, 0.2) is 5.17 Å². The van der Waals surface area contributed by atoms with Gasteiger partial charge in [0, 0.05) is 11.8 Å². The van der Waals surface area contributed by atoms with Crippen LogP contribution in [0.3, 0.4) is 0 Å². The number of carbonyl (C=O) groups excluding carboxylic acids is 1. The van der Waals surface area contributed by atoms with Gasteiger partial charge in [0.25, 0.3) is 11.9 Å². The second-order valence-electron chi connectivity index (χ2n) is 6.61. The Morgan fingerprint density at radius 1 is 1.03 bits per heavy atom. The molecule has 1 saturated heterocycles. The fourth-order valence-electron chi connectivity index (χ4n) is 2.76. The Hall–Kier alpha value is -2.29. The van der Waals surface area contributed by atoms with Crippen LogP contribution in [0, 0.1) is 6.07 Å². The van der Waals surface area contributed by atoms with Crippen LogP contribution >= 0.6 is 23.5 Å². The molecule has 0 saturated carbocycles. The summed E-state index contributed by atoms with van der Waals surface area (Å²) in [5.41, 5.74) is 4.11. The third-order valence-corrected chi connectivity index (χ3v) is 5.87. The van der Waals surface area contributed by atoms with E-state index in [1.54, 1.807) is 23.9 Å². The number of carboxylic acids is 1. The number of amidine groups is 1. The van der Waals surface area contributed by atoms with Gasteiger partial charge in [0.2, 0.25) is 0 Å². The first-order chi connectivity index (χ1) is 15.4. The zero-order valence-corrected chi connectivity index (χ0v) is 22.2. The van der Waals surface area contributed by atoms with Crippen molar-refractivity contribution in [3.05, 3.63) is 89.3 Å². The Morgan fingerprint density at radius 2 is 1.58 bits per heavy atom. The van der Waals surface area contributed by atoms with E-state index in [1.165, 1.54) is 22.2 Å². The SMILES string of the molecule is CC(=O)O.CSc1ccc(-c2ccc(C=C3SC(=Nc4cc[c-]cc4)NC3=O)cc2)cc1.[Na+]. The second-order valence-corrected chi connectivity index (χ2v) is 8.52. The molecule has 1 amide bonds. The largest absolute Gasteiger partial charge is 1.00 e. The molecule has 0 spiro atoms. The number of thioether (sulfide) groups is 2. The minimum atomic E-state index is -0.833. The first kappa shape index (κ1) is 27.0. The van der Waals surface area contributed by atoms with Crippen molar-refractivity contribution in [2.24, 2.45) is 4.99 Å². The summed E-state index contributed by atoms with van der Waals surface area (Å²) in [6, 6.07) is 27.0. The third-order valence-electron chi connectivity index (χ3n) is 4.21. The van der Waals surface area contributed by atoms with E-state index in [1.807, 2.05) is 30.3 Å². The molecule has 1 aliphatic heterocycles. The van der Waals surface area contributed by atoms with Crippen molar-refractivity contribution in [1.82, 2.24) is 5.32 Å². The van der Waals surface area contributed by atoms with Crippen LogP contribution < -0.4 is 34.9 Å². The summed E-state index contributed by atoms with van der Waals surface area (Å²) >= 11 is 3.09. The molecular weight excluding hydrogens is 463 g/mol. The predicted octanol–water partition coefficient (Wildman–Crippen LogP) is 2.86. The Morgan fingerprint density at radius 3 is 2.12 bits per heavy atom. The van der Waals surface area contributed by atoms with E-state index in [9.17, 15) is 4.79 Å². The van der Waals surface area contributed by atoms with E-state index >= 15 is 0 Å². The topological polar surface area (TPSA) is 78.8 Å². The smallest absolute Gasteiger partial charge is 0.481 e. The maximum atomic E-state index is 12.2. The maximum absolute atomic E-state index is 12.2. The van der Waals surface area contributed by atoms with Crippen LogP contribution in [0.2, 0.25) is 0 Å². The summed E-state index contributed by atoms with van der Waals surface area (Å²) in [5, 5.41) is 10.8. The number of aliphatic carboxylic acids is 1. The molecule has 0 aliphatic carbocycles. The van der Waals surface area contributed by atoms with Gasteiger partial charge in [0.05, 0.1) is 4.91 Å². The first-order valence-electron chi connectivity index (χ1n) is 9.64. The summed E-state index contributed by atoms with van der Waals surface area (Å²) < 4.78 is 0. The van der Waals surface area contributed by atoms with Gasteiger partial charge in [-0.25, -0.2) is 0 Å². The molecule has 1 fully saturated rings. The average molecular weight is 485 g/mol. The van der Waals surface area contributed by atoms with E-state index in [0.717, 1.165) is 23.7 Å². The molecule has 1 aliphatic rings. The number of hydrogen-bond acceptors (Lipinski definition) is 5. The minimum Gasteiger partial charge on any atom is -0.481 e. The van der Waals surface area contributed by atoms with Gasteiger partial charge in [-0.2, -0.15) is 18.2 Å². The molecule has 8 heteroatoms. The number of benzene rings is 3. The Balaban J connectivity index is 0.000000714. The number of rotatable bonds is 4.